The Labute approximate surface area is 195 Å². The van der Waals surface area contributed by atoms with E-state index in [0.717, 1.165) is 70.0 Å². The van der Waals surface area contributed by atoms with Gasteiger partial charge in [-0.3, -0.25) is 4.90 Å². The molecule has 32 heavy (non-hydrogen) atoms. The molecule has 2 aliphatic heterocycles. The number of hydrogen-bond acceptors (Lipinski definition) is 3. The van der Waals surface area contributed by atoms with Gasteiger partial charge in [0.1, 0.15) is 5.82 Å². The van der Waals surface area contributed by atoms with Crippen LogP contribution in [0.5, 0.6) is 0 Å². The van der Waals surface area contributed by atoms with Crippen molar-refractivity contribution >= 4 is 23.3 Å². The van der Waals surface area contributed by atoms with Crippen molar-refractivity contribution in [1.29, 1.82) is 0 Å². The minimum atomic E-state index is -0.283. The molecule has 5 nitrogen and oxygen atoms in total. The molecule has 2 aromatic rings. The minimum absolute atomic E-state index is 0.0147. The van der Waals surface area contributed by atoms with Gasteiger partial charge in [0.2, 0.25) is 0 Å². The van der Waals surface area contributed by atoms with Crippen molar-refractivity contribution in [2.45, 2.75) is 19.3 Å². The van der Waals surface area contributed by atoms with Crippen LogP contribution in [0.3, 0.4) is 0 Å². The predicted molar refractivity (Wildman–Crippen MR) is 128 cm³/mol. The maximum atomic E-state index is 13.3. The summed E-state index contributed by atoms with van der Waals surface area (Å²) in [6.07, 6.45) is 3.31. The first-order valence-electron chi connectivity index (χ1n) is 11.6. The lowest BCUT2D eigenvalue weighted by Gasteiger charge is -2.39. The van der Waals surface area contributed by atoms with Gasteiger partial charge in [0.05, 0.1) is 0 Å². The largest absolute Gasteiger partial charge is 0.322 e. The average molecular weight is 459 g/mol. The first-order chi connectivity index (χ1) is 15.6. The van der Waals surface area contributed by atoms with Gasteiger partial charge in [-0.1, -0.05) is 35.9 Å². The molecular formula is C25H32ClFN4O. The van der Waals surface area contributed by atoms with Crippen molar-refractivity contribution in [2.75, 3.05) is 57.7 Å². The summed E-state index contributed by atoms with van der Waals surface area (Å²) in [5.41, 5.74) is 1.85. The Hall–Kier alpha value is -2.15. The summed E-state index contributed by atoms with van der Waals surface area (Å²) in [7, 11) is 0. The lowest BCUT2D eigenvalue weighted by atomic mass is 9.96. The first kappa shape index (κ1) is 23.0. The number of nitrogens with zero attached hydrogens (tertiary/aromatic N) is 3. The zero-order valence-corrected chi connectivity index (χ0v) is 19.2. The van der Waals surface area contributed by atoms with Gasteiger partial charge in [0, 0.05) is 56.5 Å². The van der Waals surface area contributed by atoms with E-state index in [0.29, 0.717) is 10.9 Å². The number of piperazine rings is 1. The number of nitrogens with one attached hydrogen (secondary N) is 1. The highest BCUT2D eigenvalue weighted by molar-refractivity contribution is 6.31. The highest BCUT2D eigenvalue weighted by Crippen LogP contribution is 2.21. The third-order valence-electron chi connectivity index (χ3n) is 6.52. The zero-order chi connectivity index (χ0) is 22.3. The van der Waals surface area contributed by atoms with Crippen molar-refractivity contribution < 1.29 is 9.18 Å². The van der Waals surface area contributed by atoms with Crippen LogP contribution >= 0.6 is 11.6 Å². The summed E-state index contributed by atoms with van der Waals surface area (Å²) in [6.45, 7) is 7.61. The van der Waals surface area contributed by atoms with Crippen molar-refractivity contribution in [1.82, 2.24) is 14.7 Å². The third kappa shape index (κ3) is 6.44. The highest BCUT2D eigenvalue weighted by Gasteiger charge is 2.26. The van der Waals surface area contributed by atoms with Crippen LogP contribution in [-0.4, -0.2) is 73.1 Å². The fourth-order valence-electron chi connectivity index (χ4n) is 4.73. The molecule has 2 aromatic carbocycles. The molecule has 0 bridgehead atoms. The number of hydrogen-bond donors (Lipinski definition) is 1. The molecule has 2 heterocycles. The molecule has 0 radical (unpaired) electrons. The molecule has 0 unspecified atom stereocenters. The van der Waals surface area contributed by atoms with Crippen LogP contribution in [0.25, 0.3) is 0 Å². The lowest BCUT2D eigenvalue weighted by Crippen LogP contribution is -2.52. The maximum absolute atomic E-state index is 13.3. The number of urea groups is 1. The number of likely N-dealkylation sites (tertiary alicyclic amines) is 1. The number of rotatable bonds is 6. The predicted octanol–water partition coefficient (Wildman–Crippen LogP) is 4.58. The summed E-state index contributed by atoms with van der Waals surface area (Å²) in [5, 5.41) is 3.50. The molecule has 172 valence electrons. The van der Waals surface area contributed by atoms with Crippen molar-refractivity contribution in [3.63, 3.8) is 0 Å². The maximum Gasteiger partial charge on any atom is 0.321 e. The van der Waals surface area contributed by atoms with Gasteiger partial charge in [-0.05, 0) is 61.6 Å². The number of carbonyl (C=O) groups excluding carboxylic acids is 1. The smallest absolute Gasteiger partial charge is 0.321 e. The van der Waals surface area contributed by atoms with Crippen LogP contribution in [0.2, 0.25) is 5.02 Å². The Kier molecular flexibility index (Phi) is 8.00. The van der Waals surface area contributed by atoms with E-state index in [9.17, 15) is 9.18 Å². The number of amides is 2. The quantitative estimate of drug-likeness (QED) is 0.688. The van der Waals surface area contributed by atoms with E-state index in [4.69, 9.17) is 11.6 Å². The molecule has 0 spiro atoms. The third-order valence-corrected chi connectivity index (χ3v) is 6.87. The molecular weight excluding hydrogens is 427 g/mol. The second-order valence-corrected chi connectivity index (χ2v) is 9.29. The molecule has 4 rings (SSSR count). The molecule has 0 aliphatic carbocycles. The summed E-state index contributed by atoms with van der Waals surface area (Å²) >= 11 is 6.19. The van der Waals surface area contributed by atoms with Crippen LogP contribution in [0.1, 0.15) is 18.4 Å². The second kappa shape index (κ2) is 11.1. The van der Waals surface area contributed by atoms with E-state index in [1.807, 2.05) is 35.2 Å². The van der Waals surface area contributed by atoms with Gasteiger partial charge < -0.3 is 15.1 Å². The number of halogens is 2. The van der Waals surface area contributed by atoms with Gasteiger partial charge in [-0.2, -0.15) is 0 Å². The van der Waals surface area contributed by atoms with Gasteiger partial charge in [0.15, 0.2) is 0 Å². The Morgan fingerprint density at radius 3 is 2.56 bits per heavy atom. The minimum Gasteiger partial charge on any atom is -0.322 e. The van der Waals surface area contributed by atoms with E-state index in [2.05, 4.69) is 15.1 Å². The molecule has 0 aromatic heterocycles. The monoisotopic (exact) mass is 458 g/mol. The molecule has 2 aliphatic rings. The molecule has 1 atom stereocenters. The van der Waals surface area contributed by atoms with E-state index in [1.165, 1.54) is 25.0 Å². The summed E-state index contributed by atoms with van der Waals surface area (Å²) in [4.78, 5) is 19.4. The van der Waals surface area contributed by atoms with Gasteiger partial charge in [-0.15, -0.1) is 0 Å². The van der Waals surface area contributed by atoms with Crippen LogP contribution in [0, 0.1) is 11.7 Å². The number of carbonyl (C=O) groups is 1. The molecule has 7 heteroatoms. The molecule has 1 N–H and O–H groups in total. The SMILES string of the molecule is O=C(Nc1ccccc1)N1CCN(C[C@@H]2CCCN(CCc3ccc(F)cc3Cl)C2)CC1. The Balaban J connectivity index is 1.19. The molecule has 2 amide bonds. The number of benzene rings is 2. The van der Waals surface area contributed by atoms with Crippen LogP contribution in [0.4, 0.5) is 14.9 Å². The number of anilines is 1. The zero-order valence-electron chi connectivity index (χ0n) is 18.5. The highest BCUT2D eigenvalue weighted by atomic mass is 35.5. The summed E-state index contributed by atoms with van der Waals surface area (Å²) in [6, 6.07) is 14.3. The first-order valence-corrected chi connectivity index (χ1v) is 11.9. The molecule has 2 saturated heterocycles. The number of para-hydroxylation sites is 1. The van der Waals surface area contributed by atoms with E-state index in [1.54, 1.807) is 6.07 Å². The second-order valence-electron chi connectivity index (χ2n) is 8.88. The fourth-order valence-corrected chi connectivity index (χ4v) is 4.99. The fraction of sp³-hybridized carbons (Fsp3) is 0.480. The van der Waals surface area contributed by atoms with E-state index in [-0.39, 0.29) is 11.8 Å². The topological polar surface area (TPSA) is 38.8 Å². The van der Waals surface area contributed by atoms with Gasteiger partial charge in [0.25, 0.3) is 0 Å². The van der Waals surface area contributed by atoms with Crippen LogP contribution in [0.15, 0.2) is 48.5 Å². The number of piperidine rings is 1. The van der Waals surface area contributed by atoms with E-state index < -0.39 is 0 Å². The van der Waals surface area contributed by atoms with Gasteiger partial charge >= 0.3 is 6.03 Å². The van der Waals surface area contributed by atoms with Gasteiger partial charge in [-0.25, -0.2) is 9.18 Å². The van der Waals surface area contributed by atoms with Crippen molar-refractivity contribution in [3.05, 3.63) is 64.9 Å². The molecule has 0 saturated carbocycles. The van der Waals surface area contributed by atoms with Crippen molar-refractivity contribution in [3.8, 4) is 0 Å². The lowest BCUT2D eigenvalue weighted by molar-refractivity contribution is 0.101. The van der Waals surface area contributed by atoms with Crippen LogP contribution < -0.4 is 5.32 Å². The normalized spacial score (nSPS) is 20.3. The summed E-state index contributed by atoms with van der Waals surface area (Å²) in [5.74, 6) is 0.367. The standard InChI is InChI=1S/C25H32ClFN4O/c26-24-17-22(27)9-8-21(24)10-12-29-11-4-5-20(18-29)19-30-13-15-31(16-14-30)25(32)28-23-6-2-1-3-7-23/h1-3,6-9,17,20H,4-5,10-16,18-19H2,(H,28,32)/t20-/m1/s1. The van der Waals surface area contributed by atoms with E-state index >= 15 is 0 Å². The molecule has 2 fully saturated rings. The Morgan fingerprint density at radius 1 is 1.03 bits per heavy atom. The van der Waals surface area contributed by atoms with Crippen molar-refractivity contribution in [2.24, 2.45) is 5.92 Å². The Morgan fingerprint density at radius 2 is 1.81 bits per heavy atom. The Bertz CT molecular complexity index is 889. The average Bonchev–Trinajstić information content (AvgIpc) is 2.80. The summed E-state index contributed by atoms with van der Waals surface area (Å²) < 4.78 is 13.3. The van der Waals surface area contributed by atoms with Crippen LogP contribution in [-0.2, 0) is 6.42 Å².